The van der Waals surface area contributed by atoms with Crippen LogP contribution >= 0.6 is 0 Å². The lowest BCUT2D eigenvalue weighted by molar-refractivity contribution is 0.794. The number of fused-ring (bicyclic) bond motifs is 1. The SMILES string of the molecule is Cc1nnc2n1CC=C2. The third kappa shape index (κ3) is 0.512. The van der Waals surface area contributed by atoms with Gasteiger partial charge in [0.1, 0.15) is 5.82 Å². The zero-order valence-corrected chi connectivity index (χ0v) is 5.20. The summed E-state index contributed by atoms with van der Waals surface area (Å²) in [6, 6.07) is 0. The fourth-order valence-corrected chi connectivity index (χ4v) is 1.01. The van der Waals surface area contributed by atoms with E-state index in [1.54, 1.807) is 0 Å². The van der Waals surface area contributed by atoms with Crippen molar-refractivity contribution in [2.24, 2.45) is 0 Å². The Balaban J connectivity index is 2.65. The van der Waals surface area contributed by atoms with Crippen LogP contribution in [0, 0.1) is 6.92 Å². The molecule has 0 amide bonds. The van der Waals surface area contributed by atoms with E-state index in [0.29, 0.717) is 0 Å². The van der Waals surface area contributed by atoms with Gasteiger partial charge in [-0.2, -0.15) is 0 Å². The molecule has 1 aromatic rings. The smallest absolute Gasteiger partial charge is 0.156 e. The molecule has 0 aromatic carbocycles. The molecule has 46 valence electrons. The van der Waals surface area contributed by atoms with Crippen LogP contribution < -0.4 is 0 Å². The zero-order valence-electron chi connectivity index (χ0n) is 5.20. The molecule has 0 fully saturated rings. The van der Waals surface area contributed by atoms with Crippen LogP contribution in [0.15, 0.2) is 6.08 Å². The Morgan fingerprint density at radius 3 is 3.22 bits per heavy atom. The van der Waals surface area contributed by atoms with Gasteiger partial charge in [0.25, 0.3) is 0 Å². The molecule has 0 bridgehead atoms. The van der Waals surface area contributed by atoms with Crippen LogP contribution in [0.2, 0.25) is 0 Å². The zero-order chi connectivity index (χ0) is 6.27. The summed E-state index contributed by atoms with van der Waals surface area (Å²) in [6.07, 6.45) is 4.07. The highest BCUT2D eigenvalue weighted by atomic mass is 15.3. The van der Waals surface area contributed by atoms with Crippen LogP contribution in [0.5, 0.6) is 0 Å². The average Bonchev–Trinajstić information content (AvgIpc) is 2.35. The summed E-state index contributed by atoms with van der Waals surface area (Å²) in [5.74, 6) is 1.97. The van der Waals surface area contributed by atoms with E-state index < -0.39 is 0 Å². The molecule has 1 aliphatic rings. The summed E-state index contributed by atoms with van der Waals surface area (Å²) in [6.45, 7) is 2.90. The van der Waals surface area contributed by atoms with Crippen LogP contribution in [-0.2, 0) is 6.54 Å². The fourth-order valence-electron chi connectivity index (χ4n) is 1.01. The van der Waals surface area contributed by atoms with Crippen LogP contribution in [-0.4, -0.2) is 14.8 Å². The standard InChI is InChI=1S/C6H7N3/c1-5-7-8-6-3-2-4-9(5)6/h2-3H,4H2,1H3. The van der Waals surface area contributed by atoms with E-state index in [-0.39, 0.29) is 0 Å². The highest BCUT2D eigenvalue weighted by molar-refractivity contribution is 5.44. The Hall–Kier alpha value is -1.12. The predicted octanol–water partition coefficient (Wildman–Crippen LogP) is 0.613. The maximum absolute atomic E-state index is 3.92. The number of aromatic nitrogens is 3. The van der Waals surface area contributed by atoms with E-state index in [1.165, 1.54) is 0 Å². The molecule has 3 heteroatoms. The maximum Gasteiger partial charge on any atom is 0.156 e. The van der Waals surface area contributed by atoms with Gasteiger partial charge in [0, 0.05) is 6.54 Å². The fraction of sp³-hybridized carbons (Fsp3) is 0.333. The number of aryl methyl sites for hydroxylation is 1. The molecule has 0 atom stereocenters. The third-order valence-electron chi connectivity index (χ3n) is 1.52. The van der Waals surface area contributed by atoms with Crippen molar-refractivity contribution in [3.63, 3.8) is 0 Å². The average molecular weight is 121 g/mol. The van der Waals surface area contributed by atoms with Gasteiger partial charge in [-0.15, -0.1) is 10.2 Å². The molecule has 0 radical (unpaired) electrons. The summed E-state index contributed by atoms with van der Waals surface area (Å²) in [7, 11) is 0. The quantitative estimate of drug-likeness (QED) is 0.503. The number of rotatable bonds is 0. The molecular formula is C6H7N3. The van der Waals surface area contributed by atoms with Gasteiger partial charge >= 0.3 is 0 Å². The molecule has 2 heterocycles. The molecule has 1 aliphatic heterocycles. The minimum atomic E-state index is 0.939. The van der Waals surface area contributed by atoms with Crippen LogP contribution in [0.4, 0.5) is 0 Å². The second-order valence-electron chi connectivity index (χ2n) is 2.12. The summed E-state index contributed by atoms with van der Waals surface area (Å²) in [5, 5.41) is 7.82. The Bertz CT molecular complexity index is 259. The normalized spacial score (nSPS) is 14.3. The van der Waals surface area contributed by atoms with Gasteiger partial charge in [-0.05, 0) is 13.0 Å². The summed E-state index contributed by atoms with van der Waals surface area (Å²) in [5.41, 5.74) is 0. The van der Waals surface area contributed by atoms with Crippen molar-refractivity contribution in [2.45, 2.75) is 13.5 Å². The lowest BCUT2D eigenvalue weighted by Crippen LogP contribution is -1.94. The molecule has 1 aromatic heterocycles. The maximum atomic E-state index is 3.92. The van der Waals surface area contributed by atoms with Crippen molar-refractivity contribution in [3.05, 3.63) is 17.7 Å². The number of hydrogen-bond donors (Lipinski definition) is 0. The lowest BCUT2D eigenvalue weighted by atomic mass is 10.6. The second-order valence-corrected chi connectivity index (χ2v) is 2.12. The topological polar surface area (TPSA) is 30.7 Å². The monoisotopic (exact) mass is 121 g/mol. The van der Waals surface area contributed by atoms with E-state index >= 15 is 0 Å². The Morgan fingerprint density at radius 1 is 1.56 bits per heavy atom. The summed E-state index contributed by atoms with van der Waals surface area (Å²) in [4.78, 5) is 0. The van der Waals surface area contributed by atoms with Gasteiger partial charge in [0.05, 0.1) is 0 Å². The molecule has 0 saturated carbocycles. The van der Waals surface area contributed by atoms with Gasteiger partial charge in [0.15, 0.2) is 5.82 Å². The Labute approximate surface area is 53.0 Å². The van der Waals surface area contributed by atoms with Gasteiger partial charge in [-0.1, -0.05) is 6.08 Å². The molecular weight excluding hydrogens is 114 g/mol. The molecule has 0 spiro atoms. The summed E-state index contributed by atoms with van der Waals surface area (Å²) < 4.78 is 2.07. The van der Waals surface area contributed by atoms with Gasteiger partial charge in [-0.3, -0.25) is 0 Å². The highest BCUT2D eigenvalue weighted by Crippen LogP contribution is 2.09. The second kappa shape index (κ2) is 1.43. The Morgan fingerprint density at radius 2 is 2.44 bits per heavy atom. The number of hydrogen-bond acceptors (Lipinski definition) is 2. The van der Waals surface area contributed by atoms with Crippen LogP contribution in [0.25, 0.3) is 6.08 Å². The van der Waals surface area contributed by atoms with Crippen LogP contribution in [0.1, 0.15) is 11.6 Å². The van der Waals surface area contributed by atoms with Crippen molar-refractivity contribution >= 4 is 6.08 Å². The van der Waals surface area contributed by atoms with E-state index in [9.17, 15) is 0 Å². The molecule has 0 unspecified atom stereocenters. The van der Waals surface area contributed by atoms with Crippen LogP contribution in [0.3, 0.4) is 0 Å². The largest absolute Gasteiger partial charge is 0.308 e. The van der Waals surface area contributed by atoms with Crippen molar-refractivity contribution in [3.8, 4) is 0 Å². The first-order valence-corrected chi connectivity index (χ1v) is 2.94. The Kier molecular flexibility index (Phi) is 0.754. The van der Waals surface area contributed by atoms with Crippen molar-refractivity contribution in [2.75, 3.05) is 0 Å². The molecule has 0 aliphatic carbocycles. The number of nitrogens with zero attached hydrogens (tertiary/aromatic N) is 3. The molecule has 3 nitrogen and oxygen atoms in total. The molecule has 9 heavy (non-hydrogen) atoms. The lowest BCUT2D eigenvalue weighted by Gasteiger charge is -1.93. The first-order valence-electron chi connectivity index (χ1n) is 2.94. The summed E-state index contributed by atoms with van der Waals surface area (Å²) >= 11 is 0. The third-order valence-corrected chi connectivity index (χ3v) is 1.52. The van der Waals surface area contributed by atoms with Crippen molar-refractivity contribution in [1.82, 2.24) is 14.8 Å². The van der Waals surface area contributed by atoms with Gasteiger partial charge in [-0.25, -0.2) is 0 Å². The number of allylic oxidation sites excluding steroid dienone is 1. The first-order chi connectivity index (χ1) is 4.38. The molecule has 0 N–H and O–H groups in total. The minimum absolute atomic E-state index is 0.939. The van der Waals surface area contributed by atoms with Crippen molar-refractivity contribution < 1.29 is 0 Å². The van der Waals surface area contributed by atoms with E-state index in [0.717, 1.165) is 18.2 Å². The van der Waals surface area contributed by atoms with E-state index in [4.69, 9.17) is 0 Å². The molecule has 2 rings (SSSR count). The van der Waals surface area contributed by atoms with Gasteiger partial charge in [0.2, 0.25) is 0 Å². The predicted molar refractivity (Wildman–Crippen MR) is 33.8 cm³/mol. The van der Waals surface area contributed by atoms with Crippen molar-refractivity contribution in [1.29, 1.82) is 0 Å². The van der Waals surface area contributed by atoms with E-state index in [2.05, 4.69) is 20.8 Å². The molecule has 0 saturated heterocycles. The minimum Gasteiger partial charge on any atom is -0.308 e. The highest BCUT2D eigenvalue weighted by Gasteiger charge is 2.07. The van der Waals surface area contributed by atoms with Gasteiger partial charge < -0.3 is 4.57 Å². The van der Waals surface area contributed by atoms with E-state index in [1.807, 2.05) is 13.0 Å². The first kappa shape index (κ1) is 4.73.